The van der Waals surface area contributed by atoms with Crippen LogP contribution < -0.4 is 16.1 Å². The van der Waals surface area contributed by atoms with Crippen LogP contribution in [0.2, 0.25) is 0 Å². The quantitative estimate of drug-likeness (QED) is 0.339. The van der Waals surface area contributed by atoms with Crippen molar-refractivity contribution in [2.24, 2.45) is 0 Å². The minimum Gasteiger partial charge on any atom is -0.320 e. The summed E-state index contributed by atoms with van der Waals surface area (Å²) < 4.78 is 0. The number of rotatable bonds is 1. The zero-order valence-electron chi connectivity index (χ0n) is 5.05. The molecule has 1 fully saturated rings. The summed E-state index contributed by atoms with van der Waals surface area (Å²) in [5.41, 5.74) is 1.77. The molecule has 0 bridgehead atoms. The van der Waals surface area contributed by atoms with E-state index in [1.807, 2.05) is 5.32 Å². The minimum atomic E-state index is -0.666. The van der Waals surface area contributed by atoms with E-state index < -0.39 is 18.1 Å². The van der Waals surface area contributed by atoms with Gasteiger partial charge in [-0.3, -0.25) is 10.1 Å². The van der Waals surface area contributed by atoms with Crippen molar-refractivity contribution in [2.75, 3.05) is 0 Å². The molecule has 1 rings (SSSR count). The molecule has 0 aromatic carbocycles. The van der Waals surface area contributed by atoms with Gasteiger partial charge in [0, 0.05) is 0 Å². The van der Waals surface area contributed by atoms with E-state index in [0.29, 0.717) is 0 Å². The summed E-state index contributed by atoms with van der Waals surface area (Å²) >= 11 is 0. The molecule has 3 amide bonds. The van der Waals surface area contributed by atoms with Gasteiger partial charge in [-0.05, 0) is 0 Å². The molecular formula is C4H7N3O3. The summed E-state index contributed by atoms with van der Waals surface area (Å²) in [5.74, 6) is -0.407. The number of carbonyl (C=O) groups excluding carboxylic acids is 2. The monoisotopic (exact) mass is 145 g/mol. The number of carbonyl (C=O) groups is 2. The van der Waals surface area contributed by atoms with Gasteiger partial charge >= 0.3 is 6.03 Å². The molecule has 4 N–H and O–H groups in total. The highest BCUT2D eigenvalue weighted by Gasteiger charge is 2.22. The van der Waals surface area contributed by atoms with Crippen molar-refractivity contribution in [1.82, 2.24) is 16.1 Å². The van der Waals surface area contributed by atoms with Crippen LogP contribution >= 0.6 is 0 Å². The number of imide groups is 1. The highest BCUT2D eigenvalue weighted by molar-refractivity contribution is 5.96. The van der Waals surface area contributed by atoms with Crippen molar-refractivity contribution < 1.29 is 14.8 Å². The third kappa shape index (κ3) is 1.42. The molecule has 0 saturated carbocycles. The maximum Gasteiger partial charge on any atom is 0.322 e. The fourth-order valence-electron chi connectivity index (χ4n) is 0.686. The Labute approximate surface area is 56.5 Å². The van der Waals surface area contributed by atoms with Gasteiger partial charge in [0.2, 0.25) is 5.91 Å². The lowest BCUT2D eigenvalue weighted by Crippen LogP contribution is -2.56. The number of urea groups is 1. The summed E-state index contributed by atoms with van der Waals surface area (Å²) in [7, 11) is 0. The van der Waals surface area contributed by atoms with Crippen LogP contribution in [0.15, 0.2) is 0 Å². The molecule has 6 nitrogen and oxygen atoms in total. The van der Waals surface area contributed by atoms with Crippen molar-refractivity contribution in [2.45, 2.75) is 12.6 Å². The summed E-state index contributed by atoms with van der Waals surface area (Å²) in [4.78, 5) is 21.0. The maximum atomic E-state index is 10.5. The predicted molar refractivity (Wildman–Crippen MR) is 30.0 cm³/mol. The number of hydrogen-bond donors (Lipinski definition) is 4. The lowest BCUT2D eigenvalue weighted by Gasteiger charge is -2.20. The van der Waals surface area contributed by atoms with Crippen LogP contribution in [0.5, 0.6) is 0 Å². The van der Waals surface area contributed by atoms with Gasteiger partial charge in [0.05, 0.1) is 6.42 Å². The Morgan fingerprint density at radius 2 is 2.30 bits per heavy atom. The maximum absolute atomic E-state index is 10.5. The number of hydroxylamine groups is 1. The molecule has 0 radical (unpaired) electrons. The molecule has 0 spiro atoms. The molecule has 6 heteroatoms. The van der Waals surface area contributed by atoms with Gasteiger partial charge in [0.1, 0.15) is 6.17 Å². The Bertz CT molecular complexity index is 153. The van der Waals surface area contributed by atoms with E-state index in [1.54, 1.807) is 5.48 Å². The average Bonchev–Trinajstić information content (AvgIpc) is 1.85. The topological polar surface area (TPSA) is 90.5 Å². The Kier molecular flexibility index (Phi) is 1.83. The Morgan fingerprint density at radius 3 is 2.80 bits per heavy atom. The summed E-state index contributed by atoms with van der Waals surface area (Å²) in [6.07, 6.45) is -0.622. The third-order valence-electron chi connectivity index (χ3n) is 1.10. The van der Waals surface area contributed by atoms with Crippen molar-refractivity contribution in [3.05, 3.63) is 0 Å². The summed E-state index contributed by atoms with van der Waals surface area (Å²) in [5, 5.41) is 12.5. The Morgan fingerprint density at radius 1 is 1.60 bits per heavy atom. The van der Waals surface area contributed by atoms with Gasteiger partial charge in [-0.2, -0.15) is 5.48 Å². The van der Waals surface area contributed by atoms with E-state index in [0.717, 1.165) is 0 Å². The normalized spacial score (nSPS) is 25.5. The lowest BCUT2D eigenvalue weighted by atomic mass is 10.3. The van der Waals surface area contributed by atoms with Gasteiger partial charge in [0.25, 0.3) is 0 Å². The van der Waals surface area contributed by atoms with E-state index >= 15 is 0 Å². The molecule has 1 saturated heterocycles. The molecule has 56 valence electrons. The first kappa shape index (κ1) is 6.97. The predicted octanol–water partition coefficient (Wildman–Crippen LogP) is -1.48. The molecule has 1 atom stereocenters. The largest absolute Gasteiger partial charge is 0.322 e. The fourth-order valence-corrected chi connectivity index (χ4v) is 0.686. The van der Waals surface area contributed by atoms with E-state index in [4.69, 9.17) is 5.21 Å². The second-order valence-electron chi connectivity index (χ2n) is 1.91. The van der Waals surface area contributed by atoms with Crippen LogP contribution in [0.1, 0.15) is 6.42 Å². The first-order chi connectivity index (χ1) is 4.72. The average molecular weight is 145 g/mol. The number of nitrogens with one attached hydrogen (secondary N) is 3. The number of amides is 3. The van der Waals surface area contributed by atoms with E-state index in [9.17, 15) is 9.59 Å². The second-order valence-corrected chi connectivity index (χ2v) is 1.91. The van der Waals surface area contributed by atoms with Gasteiger partial charge in [-0.1, -0.05) is 0 Å². The third-order valence-corrected chi connectivity index (χ3v) is 1.10. The summed E-state index contributed by atoms with van der Waals surface area (Å²) in [6, 6.07) is -0.595. The first-order valence-corrected chi connectivity index (χ1v) is 2.72. The van der Waals surface area contributed by atoms with Crippen molar-refractivity contribution in [3.63, 3.8) is 0 Å². The van der Waals surface area contributed by atoms with Gasteiger partial charge in [-0.15, -0.1) is 0 Å². The first-order valence-electron chi connectivity index (χ1n) is 2.72. The molecule has 0 aliphatic carbocycles. The molecular weight excluding hydrogens is 138 g/mol. The smallest absolute Gasteiger partial charge is 0.320 e. The molecule has 0 aromatic heterocycles. The van der Waals surface area contributed by atoms with Crippen LogP contribution in [0, 0.1) is 0 Å². The molecule has 1 unspecified atom stereocenters. The second kappa shape index (κ2) is 2.63. The summed E-state index contributed by atoms with van der Waals surface area (Å²) in [6.45, 7) is 0. The zero-order chi connectivity index (χ0) is 7.56. The van der Waals surface area contributed by atoms with Gasteiger partial charge in [-0.25, -0.2) is 4.79 Å². The van der Waals surface area contributed by atoms with E-state index in [2.05, 4.69) is 5.32 Å². The highest BCUT2D eigenvalue weighted by Crippen LogP contribution is 1.92. The zero-order valence-corrected chi connectivity index (χ0v) is 5.05. The van der Waals surface area contributed by atoms with Crippen LogP contribution in [-0.2, 0) is 4.79 Å². The van der Waals surface area contributed by atoms with Crippen LogP contribution in [0.25, 0.3) is 0 Å². The van der Waals surface area contributed by atoms with Crippen LogP contribution in [0.3, 0.4) is 0 Å². The van der Waals surface area contributed by atoms with Crippen molar-refractivity contribution in [1.29, 1.82) is 0 Å². The Hall–Kier alpha value is -1.14. The standard InChI is InChI=1S/C4H7N3O3/c8-3-1-2(7-10)5-4(9)6-3/h2,7,10H,1H2,(H2,5,6,8,9). The minimum absolute atomic E-state index is 0.0439. The lowest BCUT2D eigenvalue weighted by molar-refractivity contribution is -0.122. The van der Waals surface area contributed by atoms with E-state index in [1.165, 1.54) is 0 Å². The highest BCUT2D eigenvalue weighted by atomic mass is 16.5. The fraction of sp³-hybridized carbons (Fsp3) is 0.500. The van der Waals surface area contributed by atoms with Crippen LogP contribution in [0.4, 0.5) is 4.79 Å². The molecule has 1 aliphatic rings. The molecule has 1 aliphatic heterocycles. The number of hydrogen-bond acceptors (Lipinski definition) is 4. The Balaban J connectivity index is 2.50. The molecule has 0 aromatic rings. The SMILES string of the molecule is O=C1CC(NO)NC(=O)N1. The molecule has 1 heterocycles. The van der Waals surface area contributed by atoms with Crippen molar-refractivity contribution in [3.8, 4) is 0 Å². The van der Waals surface area contributed by atoms with Crippen molar-refractivity contribution >= 4 is 11.9 Å². The van der Waals surface area contributed by atoms with E-state index in [-0.39, 0.29) is 6.42 Å². The molecule has 10 heavy (non-hydrogen) atoms. The van der Waals surface area contributed by atoms with Gasteiger partial charge in [0.15, 0.2) is 0 Å². The van der Waals surface area contributed by atoms with Gasteiger partial charge < -0.3 is 10.5 Å². The van der Waals surface area contributed by atoms with Crippen LogP contribution in [-0.4, -0.2) is 23.3 Å².